The highest BCUT2D eigenvalue weighted by Gasteiger charge is 2.24. The molecule has 2 aliphatic rings. The van der Waals surface area contributed by atoms with E-state index in [1.807, 2.05) is 45.9 Å². The van der Waals surface area contributed by atoms with E-state index in [0.29, 0.717) is 25.0 Å². The van der Waals surface area contributed by atoms with Gasteiger partial charge in [-0.25, -0.2) is 9.31 Å². The van der Waals surface area contributed by atoms with Crippen molar-refractivity contribution in [2.75, 3.05) is 49.5 Å². The third-order valence-electron chi connectivity index (χ3n) is 8.39. The van der Waals surface area contributed by atoms with E-state index in [4.69, 9.17) is 0 Å². The van der Waals surface area contributed by atoms with Gasteiger partial charge in [0, 0.05) is 55.9 Å². The lowest BCUT2D eigenvalue weighted by Gasteiger charge is -2.36. The Bertz CT molecular complexity index is 1400. The summed E-state index contributed by atoms with van der Waals surface area (Å²) < 4.78 is 1.98. The van der Waals surface area contributed by atoms with Crippen molar-refractivity contribution in [1.82, 2.24) is 19.4 Å². The Morgan fingerprint density at radius 2 is 1.59 bits per heavy atom. The number of nitrogens with zero attached hydrogens (tertiary/aromatic N) is 5. The molecule has 0 atom stereocenters. The number of hydrogen-bond donors (Lipinski definition) is 1. The molecule has 4 heterocycles. The lowest BCUT2D eigenvalue weighted by atomic mass is 9.88. The maximum Gasteiger partial charge on any atom is 0.321 e. The van der Waals surface area contributed by atoms with Crippen LogP contribution >= 0.6 is 0 Å². The van der Waals surface area contributed by atoms with Gasteiger partial charge in [0.2, 0.25) is 0 Å². The molecule has 2 saturated heterocycles. The molecule has 0 spiro atoms. The summed E-state index contributed by atoms with van der Waals surface area (Å²) in [6.45, 7) is 9.90. The van der Waals surface area contributed by atoms with Crippen LogP contribution in [-0.2, 0) is 0 Å². The van der Waals surface area contributed by atoms with Crippen molar-refractivity contribution in [3.63, 3.8) is 0 Å². The Kier molecular flexibility index (Phi) is 7.24. The molecule has 2 fully saturated rings. The van der Waals surface area contributed by atoms with Crippen molar-refractivity contribution in [3.8, 4) is 11.1 Å². The number of carbonyl (C=O) groups is 1. The number of amides is 2. The average Bonchev–Trinajstić information content (AvgIpc) is 3.43. The van der Waals surface area contributed by atoms with Gasteiger partial charge in [0.05, 0.1) is 11.2 Å². The topological polar surface area (TPSA) is 56.1 Å². The fourth-order valence-corrected chi connectivity index (χ4v) is 6.00. The smallest absolute Gasteiger partial charge is 0.321 e. The number of hydrogen-bond acceptors (Lipinski definition) is 4. The predicted molar refractivity (Wildman–Crippen MR) is 159 cm³/mol. The zero-order valence-corrected chi connectivity index (χ0v) is 23.0. The van der Waals surface area contributed by atoms with Crippen LogP contribution < -0.4 is 10.2 Å². The zero-order chi connectivity index (χ0) is 26.8. The molecule has 0 bridgehead atoms. The minimum absolute atomic E-state index is 0.0420. The summed E-state index contributed by atoms with van der Waals surface area (Å²) in [5.74, 6) is 0.656. The highest BCUT2D eigenvalue weighted by atomic mass is 16.2. The van der Waals surface area contributed by atoms with Gasteiger partial charge in [-0.1, -0.05) is 42.5 Å². The van der Waals surface area contributed by atoms with Gasteiger partial charge in [-0.2, -0.15) is 5.10 Å². The van der Waals surface area contributed by atoms with Crippen molar-refractivity contribution in [3.05, 3.63) is 84.7 Å². The number of para-hydroxylation sites is 1. The first kappa shape index (κ1) is 25.4. The molecule has 4 aromatic rings. The van der Waals surface area contributed by atoms with E-state index < -0.39 is 0 Å². The molecule has 0 aliphatic carbocycles. The van der Waals surface area contributed by atoms with Crippen molar-refractivity contribution < 1.29 is 4.79 Å². The van der Waals surface area contributed by atoms with Crippen LogP contribution in [0.5, 0.6) is 0 Å². The first-order chi connectivity index (χ1) is 19.0. The number of aromatic nitrogens is 2. The molecule has 0 saturated carbocycles. The second-order valence-corrected chi connectivity index (χ2v) is 11.1. The van der Waals surface area contributed by atoms with E-state index in [2.05, 4.69) is 76.7 Å². The first-order valence-electron chi connectivity index (χ1n) is 14.2. The lowest BCUT2D eigenvalue weighted by Crippen LogP contribution is -2.50. The van der Waals surface area contributed by atoms with Gasteiger partial charge < -0.3 is 20.0 Å². The third-order valence-corrected chi connectivity index (χ3v) is 8.39. The summed E-state index contributed by atoms with van der Waals surface area (Å²) in [5.41, 5.74) is 6.94. The number of fused-ring (bicyclic) bond motifs is 1. The summed E-state index contributed by atoms with van der Waals surface area (Å²) >= 11 is 0. The number of piperazine rings is 1. The molecular weight excluding hydrogens is 484 g/mol. The minimum atomic E-state index is -0.0420. The second kappa shape index (κ2) is 11.1. The Hall–Kier alpha value is -3.84. The van der Waals surface area contributed by atoms with Crippen LogP contribution in [0.1, 0.15) is 38.2 Å². The van der Waals surface area contributed by atoms with Gasteiger partial charge in [0.15, 0.2) is 0 Å². The maximum atomic E-state index is 12.7. The van der Waals surface area contributed by atoms with Crippen LogP contribution in [0.3, 0.4) is 0 Å². The molecule has 2 amide bonds. The van der Waals surface area contributed by atoms with E-state index in [1.54, 1.807) is 0 Å². The lowest BCUT2D eigenvalue weighted by molar-refractivity contribution is 0.172. The van der Waals surface area contributed by atoms with E-state index in [1.165, 1.54) is 42.6 Å². The molecule has 202 valence electrons. The van der Waals surface area contributed by atoms with Crippen LogP contribution in [0.15, 0.2) is 79.1 Å². The van der Waals surface area contributed by atoms with Gasteiger partial charge in [-0.15, -0.1) is 0 Å². The van der Waals surface area contributed by atoms with Crippen LogP contribution in [0.25, 0.3) is 16.6 Å². The largest absolute Gasteiger partial charge is 0.366 e. The van der Waals surface area contributed by atoms with E-state index in [0.717, 1.165) is 30.0 Å². The standard InChI is InChI=1S/C32H38N6O/c1-24(2)35-16-13-27(14-17-35)25-8-10-26(11-9-25)28-22-31-30(12-15-33-38(31)23-28)36-18-20-37(21-19-36)32(39)34-29-6-4-3-5-7-29/h3-12,15,22-24,27H,13-14,16-21H2,1-2H3,(H,34,39). The molecule has 7 heteroatoms. The number of benzene rings is 2. The summed E-state index contributed by atoms with van der Waals surface area (Å²) in [6, 6.07) is 23.7. The van der Waals surface area contributed by atoms with Crippen molar-refractivity contribution in [2.45, 2.75) is 38.6 Å². The normalized spacial score (nSPS) is 17.2. The van der Waals surface area contributed by atoms with E-state index in [-0.39, 0.29) is 6.03 Å². The molecule has 2 aliphatic heterocycles. The molecular formula is C32H38N6O. The Balaban J connectivity index is 1.12. The summed E-state index contributed by atoms with van der Waals surface area (Å²) in [5, 5.41) is 7.60. The van der Waals surface area contributed by atoms with Gasteiger partial charge in [-0.3, -0.25) is 0 Å². The molecule has 6 rings (SSSR count). The molecule has 1 N–H and O–H groups in total. The van der Waals surface area contributed by atoms with Crippen LogP contribution in [0.2, 0.25) is 0 Å². The van der Waals surface area contributed by atoms with Crippen LogP contribution in [-0.4, -0.2) is 70.8 Å². The molecule has 2 aromatic heterocycles. The summed E-state index contributed by atoms with van der Waals surface area (Å²) in [7, 11) is 0. The number of nitrogens with one attached hydrogen (secondary N) is 1. The average molecular weight is 523 g/mol. The zero-order valence-electron chi connectivity index (χ0n) is 23.0. The SMILES string of the molecule is CC(C)N1CCC(c2ccc(-c3cc4c(N5CCN(C(=O)Nc6ccccc6)CC5)ccnn4c3)cc2)CC1. The molecule has 39 heavy (non-hydrogen) atoms. The molecule has 0 radical (unpaired) electrons. The van der Waals surface area contributed by atoms with Crippen LogP contribution in [0, 0.1) is 0 Å². The maximum absolute atomic E-state index is 12.7. The number of carbonyl (C=O) groups excluding carboxylic acids is 1. The fraction of sp³-hybridized carbons (Fsp3) is 0.375. The molecule has 0 unspecified atom stereocenters. The molecule has 7 nitrogen and oxygen atoms in total. The first-order valence-corrected chi connectivity index (χ1v) is 14.2. The number of piperidine rings is 1. The minimum Gasteiger partial charge on any atom is -0.366 e. The van der Waals surface area contributed by atoms with Gasteiger partial charge in [0.1, 0.15) is 0 Å². The number of anilines is 2. The van der Waals surface area contributed by atoms with E-state index >= 15 is 0 Å². The number of likely N-dealkylation sites (tertiary alicyclic amines) is 1. The summed E-state index contributed by atoms with van der Waals surface area (Å²) in [4.78, 5) is 19.6. The van der Waals surface area contributed by atoms with Crippen molar-refractivity contribution in [2.24, 2.45) is 0 Å². The monoisotopic (exact) mass is 522 g/mol. The predicted octanol–water partition coefficient (Wildman–Crippen LogP) is 5.94. The van der Waals surface area contributed by atoms with Gasteiger partial charge >= 0.3 is 6.03 Å². The van der Waals surface area contributed by atoms with Crippen molar-refractivity contribution in [1.29, 1.82) is 0 Å². The fourth-order valence-electron chi connectivity index (χ4n) is 6.00. The van der Waals surface area contributed by atoms with Gasteiger partial charge in [0.25, 0.3) is 0 Å². The second-order valence-electron chi connectivity index (χ2n) is 11.1. The Morgan fingerprint density at radius 1 is 0.872 bits per heavy atom. The highest BCUT2D eigenvalue weighted by molar-refractivity contribution is 5.89. The number of urea groups is 1. The third kappa shape index (κ3) is 5.50. The van der Waals surface area contributed by atoms with Crippen molar-refractivity contribution >= 4 is 22.9 Å². The molecule has 2 aromatic carbocycles. The summed E-state index contributed by atoms with van der Waals surface area (Å²) in [6.07, 6.45) is 6.47. The van der Waals surface area contributed by atoms with Crippen LogP contribution in [0.4, 0.5) is 16.2 Å². The number of rotatable bonds is 5. The van der Waals surface area contributed by atoms with Gasteiger partial charge in [-0.05, 0) is 81.1 Å². The van der Waals surface area contributed by atoms with E-state index in [9.17, 15) is 4.79 Å². The Labute approximate surface area is 231 Å². The Morgan fingerprint density at radius 3 is 2.28 bits per heavy atom. The highest BCUT2D eigenvalue weighted by Crippen LogP contribution is 2.32. The quantitative estimate of drug-likeness (QED) is 0.352.